The van der Waals surface area contributed by atoms with Gasteiger partial charge in [-0.05, 0) is 24.6 Å². The molecule has 0 bridgehead atoms. The molecule has 0 aliphatic carbocycles. The molecule has 0 aliphatic heterocycles. The van der Waals surface area contributed by atoms with Crippen molar-refractivity contribution in [2.75, 3.05) is 4.90 Å². The minimum absolute atomic E-state index is 0.0878. The lowest BCUT2D eigenvalue weighted by molar-refractivity contribution is -0.134. The third kappa shape index (κ3) is 5.68. The molecule has 38 heavy (non-hydrogen) atoms. The zero-order valence-electron chi connectivity index (χ0n) is 23.2. The molecule has 4 aromatic rings. The van der Waals surface area contributed by atoms with Gasteiger partial charge in [-0.15, -0.1) is 0 Å². The molecule has 0 unspecified atom stereocenters. The Morgan fingerprint density at radius 2 is 1.37 bits per heavy atom. The highest BCUT2D eigenvalue weighted by molar-refractivity contribution is 6.17. The first-order chi connectivity index (χ1) is 17.9. The van der Waals surface area contributed by atoms with Crippen molar-refractivity contribution in [3.05, 3.63) is 89.2 Å². The number of benzene rings is 2. The highest BCUT2D eigenvalue weighted by atomic mass is 16.2. The molecule has 6 nitrogen and oxygen atoms in total. The van der Waals surface area contributed by atoms with Gasteiger partial charge in [0.1, 0.15) is 5.65 Å². The lowest BCUT2D eigenvalue weighted by Gasteiger charge is -2.31. The number of hydrogen-bond acceptors (Lipinski definition) is 4. The predicted octanol–water partition coefficient (Wildman–Crippen LogP) is 6.14. The van der Waals surface area contributed by atoms with E-state index >= 15 is 0 Å². The second-order valence-corrected chi connectivity index (χ2v) is 11.5. The molecular weight excluding hydrogens is 472 g/mol. The van der Waals surface area contributed by atoms with Gasteiger partial charge in [0.15, 0.2) is 0 Å². The number of amides is 2. The summed E-state index contributed by atoms with van der Waals surface area (Å²) in [7, 11) is 0. The van der Waals surface area contributed by atoms with Crippen molar-refractivity contribution in [3.8, 4) is 11.8 Å². The molecule has 0 fully saturated rings. The van der Waals surface area contributed by atoms with Crippen LogP contribution in [0.15, 0.2) is 66.9 Å². The van der Waals surface area contributed by atoms with Crippen LogP contribution in [0.1, 0.15) is 63.9 Å². The molecule has 2 amide bonds. The summed E-state index contributed by atoms with van der Waals surface area (Å²) in [6, 6.07) is 19.9. The summed E-state index contributed by atoms with van der Waals surface area (Å²) in [5, 5.41) is 0.805. The maximum Gasteiger partial charge on any atom is 0.241 e. The Balaban J connectivity index is 1.94. The minimum Gasteiger partial charge on any atom is -0.327 e. The van der Waals surface area contributed by atoms with Gasteiger partial charge in [-0.1, -0.05) is 102 Å². The molecule has 2 aromatic carbocycles. The second-order valence-electron chi connectivity index (χ2n) is 11.5. The van der Waals surface area contributed by atoms with Crippen molar-refractivity contribution >= 4 is 28.8 Å². The number of imide groups is 1. The van der Waals surface area contributed by atoms with Crippen molar-refractivity contribution in [2.45, 2.75) is 55.0 Å². The topological polar surface area (TPSA) is 68.1 Å². The number of rotatable bonds is 3. The van der Waals surface area contributed by atoms with Crippen molar-refractivity contribution in [1.29, 1.82) is 0 Å². The summed E-state index contributed by atoms with van der Waals surface area (Å²) >= 11 is 0. The van der Waals surface area contributed by atoms with Crippen LogP contribution in [0.25, 0.3) is 11.0 Å². The number of anilines is 1. The van der Waals surface area contributed by atoms with E-state index < -0.39 is 10.8 Å². The number of aryl methyl sites for hydroxylation is 1. The molecule has 6 heteroatoms. The first kappa shape index (κ1) is 26.8. The van der Waals surface area contributed by atoms with Crippen LogP contribution in [0.3, 0.4) is 0 Å². The van der Waals surface area contributed by atoms with Crippen molar-refractivity contribution in [2.24, 2.45) is 10.8 Å². The highest BCUT2D eigenvalue weighted by Gasteiger charge is 2.39. The number of hydrogen-bond donors (Lipinski definition) is 0. The summed E-state index contributed by atoms with van der Waals surface area (Å²) in [6.45, 7) is 13.2. The van der Waals surface area contributed by atoms with E-state index in [0.29, 0.717) is 17.9 Å². The first-order valence-corrected chi connectivity index (χ1v) is 12.7. The highest BCUT2D eigenvalue weighted by Crippen LogP contribution is 2.30. The molecule has 0 spiro atoms. The van der Waals surface area contributed by atoms with E-state index in [4.69, 9.17) is 9.97 Å². The fourth-order valence-electron chi connectivity index (χ4n) is 4.05. The van der Waals surface area contributed by atoms with Crippen LogP contribution in [-0.2, 0) is 16.1 Å². The van der Waals surface area contributed by atoms with E-state index in [2.05, 4.69) is 24.0 Å². The van der Waals surface area contributed by atoms with Crippen LogP contribution < -0.4 is 4.90 Å². The molecule has 2 aromatic heterocycles. The summed E-state index contributed by atoms with van der Waals surface area (Å²) in [6.07, 6.45) is 1.97. The van der Waals surface area contributed by atoms with Crippen molar-refractivity contribution in [1.82, 2.24) is 14.5 Å². The van der Waals surface area contributed by atoms with E-state index in [9.17, 15) is 9.59 Å². The smallest absolute Gasteiger partial charge is 0.241 e. The quantitative estimate of drug-likeness (QED) is 0.313. The lowest BCUT2D eigenvalue weighted by atomic mass is 9.90. The Labute approximate surface area is 224 Å². The zero-order valence-corrected chi connectivity index (χ0v) is 23.2. The summed E-state index contributed by atoms with van der Waals surface area (Å²) in [5.41, 5.74) is 2.48. The average molecular weight is 507 g/mol. The summed E-state index contributed by atoms with van der Waals surface area (Å²) < 4.78 is 2.01. The molecule has 2 heterocycles. The third-order valence-electron chi connectivity index (χ3n) is 6.09. The molecule has 0 atom stereocenters. The lowest BCUT2D eigenvalue weighted by Crippen LogP contribution is -2.49. The summed E-state index contributed by atoms with van der Waals surface area (Å²) in [4.78, 5) is 37.8. The Kier molecular flexibility index (Phi) is 7.24. The molecule has 0 radical (unpaired) electrons. The normalized spacial score (nSPS) is 11.7. The van der Waals surface area contributed by atoms with Crippen LogP contribution in [0, 0.1) is 29.6 Å². The van der Waals surface area contributed by atoms with E-state index in [0.717, 1.165) is 27.0 Å². The molecule has 0 aliphatic rings. The number of fused-ring (bicyclic) bond motifs is 1. The van der Waals surface area contributed by atoms with E-state index in [-0.39, 0.29) is 17.8 Å². The van der Waals surface area contributed by atoms with E-state index in [1.807, 2.05) is 66.2 Å². The maximum atomic E-state index is 13.5. The van der Waals surface area contributed by atoms with Gasteiger partial charge in [-0.3, -0.25) is 9.59 Å². The van der Waals surface area contributed by atoms with Crippen LogP contribution in [-0.4, -0.2) is 26.3 Å². The van der Waals surface area contributed by atoms with Crippen molar-refractivity contribution in [3.63, 3.8) is 0 Å². The van der Waals surface area contributed by atoms with Gasteiger partial charge in [-0.25, -0.2) is 9.88 Å². The number of carbonyl (C=O) groups is 2. The number of carbonyl (C=O) groups excluding carboxylic acids is 2. The van der Waals surface area contributed by atoms with Gasteiger partial charge in [0.2, 0.25) is 17.8 Å². The fraction of sp³-hybridized carbons (Fsp3) is 0.312. The Morgan fingerprint density at radius 3 is 1.92 bits per heavy atom. The Bertz CT molecular complexity index is 1520. The molecular formula is C32H34N4O2. The predicted molar refractivity (Wildman–Crippen MR) is 152 cm³/mol. The molecule has 0 N–H and O–H groups in total. The monoisotopic (exact) mass is 506 g/mol. The van der Waals surface area contributed by atoms with Crippen LogP contribution in [0.2, 0.25) is 0 Å². The number of aromatic nitrogens is 3. The average Bonchev–Trinajstić information content (AvgIpc) is 3.20. The zero-order chi connectivity index (χ0) is 27.7. The Hall–Kier alpha value is -4.24. The third-order valence-corrected chi connectivity index (χ3v) is 6.09. The SMILES string of the molecule is Cc1nc(N(C(=O)C(C)(C)C)C(=O)C(C)(C)C)nc2c1c(C#Cc1ccccc1)cn2Cc1ccccc1. The van der Waals surface area contributed by atoms with Crippen LogP contribution in [0.4, 0.5) is 5.95 Å². The van der Waals surface area contributed by atoms with Crippen molar-refractivity contribution < 1.29 is 9.59 Å². The maximum absolute atomic E-state index is 13.5. The molecule has 194 valence electrons. The Morgan fingerprint density at radius 1 is 0.816 bits per heavy atom. The van der Waals surface area contributed by atoms with Gasteiger partial charge < -0.3 is 4.57 Å². The summed E-state index contributed by atoms with van der Waals surface area (Å²) in [5.74, 6) is 5.92. The largest absolute Gasteiger partial charge is 0.327 e. The van der Waals surface area contributed by atoms with E-state index in [1.54, 1.807) is 41.5 Å². The van der Waals surface area contributed by atoms with Gasteiger partial charge >= 0.3 is 0 Å². The van der Waals surface area contributed by atoms with E-state index in [1.165, 1.54) is 0 Å². The minimum atomic E-state index is -0.800. The molecule has 0 saturated carbocycles. The first-order valence-electron chi connectivity index (χ1n) is 12.7. The number of nitrogens with zero attached hydrogens (tertiary/aromatic N) is 4. The fourth-order valence-corrected chi connectivity index (χ4v) is 4.05. The van der Waals surface area contributed by atoms with Gasteiger partial charge in [0, 0.05) is 29.1 Å². The second kappa shape index (κ2) is 10.3. The molecule has 4 rings (SSSR count). The molecule has 0 saturated heterocycles. The van der Waals surface area contributed by atoms with Gasteiger partial charge in [-0.2, -0.15) is 4.98 Å². The standard InChI is InChI=1S/C32H34N4O2/c1-22-26-25(19-18-23-14-10-8-11-15-23)21-35(20-24-16-12-9-13-17-24)27(26)34-30(33-22)36(28(37)31(2,3)4)29(38)32(5,6)7/h8-17,21H,20H2,1-7H3. The van der Waals surface area contributed by atoms with Crippen LogP contribution in [0.5, 0.6) is 0 Å². The van der Waals surface area contributed by atoms with Gasteiger partial charge in [0.25, 0.3) is 0 Å². The van der Waals surface area contributed by atoms with Gasteiger partial charge in [0.05, 0.1) is 16.6 Å². The van der Waals surface area contributed by atoms with Crippen LogP contribution >= 0.6 is 0 Å².